The van der Waals surface area contributed by atoms with Crippen molar-refractivity contribution in [3.63, 3.8) is 0 Å². The molecule has 17 heavy (non-hydrogen) atoms. The van der Waals surface area contributed by atoms with Crippen LogP contribution < -0.4 is 4.74 Å². The van der Waals surface area contributed by atoms with Gasteiger partial charge in [-0.25, -0.2) is 0 Å². The van der Waals surface area contributed by atoms with Crippen LogP contribution in [-0.4, -0.2) is 6.10 Å². The molecule has 0 saturated heterocycles. The second kappa shape index (κ2) is 4.53. The summed E-state index contributed by atoms with van der Waals surface area (Å²) in [5, 5.41) is 0.0636. The van der Waals surface area contributed by atoms with Crippen LogP contribution in [0.4, 0.5) is 0 Å². The normalized spacial score (nSPS) is 20.9. The lowest BCUT2D eigenvalue weighted by atomic mass is 9.82. The summed E-state index contributed by atoms with van der Waals surface area (Å²) >= 11 is 6.60. The molecule has 2 rings (SSSR count). The van der Waals surface area contributed by atoms with E-state index >= 15 is 0 Å². The van der Waals surface area contributed by atoms with Crippen molar-refractivity contribution < 1.29 is 4.74 Å². The van der Waals surface area contributed by atoms with Gasteiger partial charge in [0.1, 0.15) is 11.9 Å². The lowest BCUT2D eigenvalue weighted by Gasteiger charge is -2.29. The van der Waals surface area contributed by atoms with Crippen molar-refractivity contribution in [1.29, 1.82) is 0 Å². The summed E-state index contributed by atoms with van der Waals surface area (Å²) in [6, 6.07) is 6.38. The fourth-order valence-corrected chi connectivity index (χ4v) is 2.52. The minimum Gasteiger partial charge on any atom is -0.490 e. The Morgan fingerprint density at radius 1 is 1.47 bits per heavy atom. The SMILES string of the molecule is CCC(C)(C)C(Cl)c1ccc2c(c1)CC(C)O2. The van der Waals surface area contributed by atoms with Gasteiger partial charge in [-0.05, 0) is 36.0 Å². The van der Waals surface area contributed by atoms with Crippen molar-refractivity contribution in [2.45, 2.75) is 52.0 Å². The van der Waals surface area contributed by atoms with Crippen LogP contribution in [0.25, 0.3) is 0 Å². The van der Waals surface area contributed by atoms with E-state index in [0.717, 1.165) is 18.6 Å². The van der Waals surface area contributed by atoms with Gasteiger partial charge in [0.2, 0.25) is 0 Å². The van der Waals surface area contributed by atoms with E-state index in [1.807, 2.05) is 0 Å². The number of hydrogen-bond acceptors (Lipinski definition) is 1. The van der Waals surface area contributed by atoms with E-state index in [1.54, 1.807) is 0 Å². The van der Waals surface area contributed by atoms with Crippen LogP contribution in [0.3, 0.4) is 0 Å². The summed E-state index contributed by atoms with van der Waals surface area (Å²) < 4.78 is 5.71. The van der Waals surface area contributed by atoms with Gasteiger partial charge in [0.15, 0.2) is 0 Å². The molecule has 1 heterocycles. The molecule has 2 atom stereocenters. The zero-order valence-corrected chi connectivity index (χ0v) is 11.8. The van der Waals surface area contributed by atoms with Crippen molar-refractivity contribution >= 4 is 11.6 Å². The summed E-state index contributed by atoms with van der Waals surface area (Å²) in [4.78, 5) is 0. The molecule has 1 aromatic rings. The fourth-order valence-electron chi connectivity index (χ4n) is 2.23. The third-order valence-corrected chi connectivity index (χ3v) is 4.65. The van der Waals surface area contributed by atoms with Gasteiger partial charge in [-0.1, -0.05) is 32.9 Å². The van der Waals surface area contributed by atoms with Crippen LogP contribution in [0.15, 0.2) is 18.2 Å². The molecule has 0 radical (unpaired) electrons. The van der Waals surface area contributed by atoms with Gasteiger partial charge in [0, 0.05) is 6.42 Å². The first kappa shape index (κ1) is 12.8. The first-order valence-corrected chi connectivity index (χ1v) is 6.81. The summed E-state index contributed by atoms with van der Waals surface area (Å²) in [5.41, 5.74) is 2.64. The van der Waals surface area contributed by atoms with Crippen molar-refractivity contribution in [3.05, 3.63) is 29.3 Å². The summed E-state index contributed by atoms with van der Waals surface area (Å²) in [6.45, 7) is 8.73. The molecule has 0 aromatic heterocycles. The molecule has 0 saturated carbocycles. The monoisotopic (exact) mass is 252 g/mol. The molecular formula is C15H21ClO. The highest BCUT2D eigenvalue weighted by atomic mass is 35.5. The van der Waals surface area contributed by atoms with Crippen LogP contribution in [0, 0.1) is 5.41 Å². The first-order chi connectivity index (χ1) is 7.94. The number of rotatable bonds is 3. The van der Waals surface area contributed by atoms with Crippen molar-refractivity contribution in [1.82, 2.24) is 0 Å². The highest BCUT2D eigenvalue weighted by Gasteiger charge is 2.29. The molecule has 2 heteroatoms. The van der Waals surface area contributed by atoms with E-state index in [0.29, 0.717) is 6.10 Å². The average Bonchev–Trinajstić information content (AvgIpc) is 2.66. The predicted molar refractivity (Wildman–Crippen MR) is 72.9 cm³/mol. The van der Waals surface area contributed by atoms with Crippen LogP contribution >= 0.6 is 11.6 Å². The lowest BCUT2D eigenvalue weighted by molar-refractivity contribution is 0.254. The molecule has 0 N–H and O–H groups in total. The van der Waals surface area contributed by atoms with Crippen molar-refractivity contribution in [2.24, 2.45) is 5.41 Å². The number of benzene rings is 1. The second-order valence-electron chi connectivity index (χ2n) is 5.70. The van der Waals surface area contributed by atoms with Gasteiger partial charge in [-0.15, -0.1) is 11.6 Å². The lowest BCUT2D eigenvalue weighted by Crippen LogP contribution is -2.16. The molecule has 0 aliphatic carbocycles. The van der Waals surface area contributed by atoms with E-state index in [9.17, 15) is 0 Å². The molecule has 0 spiro atoms. The molecule has 0 amide bonds. The first-order valence-electron chi connectivity index (χ1n) is 6.37. The Kier molecular flexibility index (Phi) is 3.40. The Hall–Kier alpha value is -0.690. The molecular weight excluding hydrogens is 232 g/mol. The molecule has 2 unspecified atom stereocenters. The topological polar surface area (TPSA) is 9.23 Å². The van der Waals surface area contributed by atoms with E-state index in [1.165, 1.54) is 11.1 Å². The molecule has 1 aromatic carbocycles. The van der Waals surface area contributed by atoms with Crippen LogP contribution in [0.2, 0.25) is 0 Å². The average molecular weight is 253 g/mol. The summed E-state index contributed by atoms with van der Waals surface area (Å²) in [6.07, 6.45) is 2.37. The molecule has 0 bridgehead atoms. The molecule has 94 valence electrons. The third-order valence-electron chi connectivity index (χ3n) is 3.81. The third kappa shape index (κ3) is 2.44. The Balaban J connectivity index is 2.27. The van der Waals surface area contributed by atoms with Gasteiger partial charge >= 0.3 is 0 Å². The van der Waals surface area contributed by atoms with Crippen LogP contribution in [0.1, 0.15) is 50.6 Å². The Morgan fingerprint density at radius 2 is 2.18 bits per heavy atom. The van der Waals surface area contributed by atoms with Gasteiger partial charge in [-0.2, -0.15) is 0 Å². The van der Waals surface area contributed by atoms with E-state index in [2.05, 4.69) is 45.9 Å². The van der Waals surface area contributed by atoms with E-state index < -0.39 is 0 Å². The van der Waals surface area contributed by atoms with Gasteiger partial charge in [0.25, 0.3) is 0 Å². The molecule has 1 nitrogen and oxygen atoms in total. The van der Waals surface area contributed by atoms with Crippen molar-refractivity contribution in [3.8, 4) is 5.75 Å². The van der Waals surface area contributed by atoms with Crippen molar-refractivity contribution in [2.75, 3.05) is 0 Å². The van der Waals surface area contributed by atoms with Gasteiger partial charge < -0.3 is 4.74 Å². The second-order valence-corrected chi connectivity index (χ2v) is 6.14. The molecule has 1 aliphatic rings. The highest BCUT2D eigenvalue weighted by molar-refractivity contribution is 6.21. The predicted octanol–water partition coefficient (Wildman–Crippen LogP) is 4.73. The highest BCUT2D eigenvalue weighted by Crippen LogP contribution is 2.43. The maximum Gasteiger partial charge on any atom is 0.123 e. The Labute approximate surface area is 109 Å². The zero-order chi connectivity index (χ0) is 12.6. The quantitative estimate of drug-likeness (QED) is 0.707. The largest absolute Gasteiger partial charge is 0.490 e. The number of hydrogen-bond donors (Lipinski definition) is 0. The minimum absolute atomic E-state index is 0.0636. The smallest absolute Gasteiger partial charge is 0.123 e. The summed E-state index contributed by atoms with van der Waals surface area (Å²) in [5.74, 6) is 1.03. The number of fused-ring (bicyclic) bond motifs is 1. The number of ether oxygens (including phenoxy) is 1. The molecule has 0 fully saturated rings. The Morgan fingerprint density at radius 3 is 2.82 bits per heavy atom. The van der Waals surface area contributed by atoms with E-state index in [-0.39, 0.29) is 10.8 Å². The van der Waals surface area contributed by atoms with Crippen LogP contribution in [-0.2, 0) is 6.42 Å². The zero-order valence-electron chi connectivity index (χ0n) is 11.1. The minimum atomic E-state index is 0.0636. The van der Waals surface area contributed by atoms with Crippen LogP contribution in [0.5, 0.6) is 5.75 Å². The molecule has 1 aliphatic heterocycles. The Bertz CT molecular complexity index is 411. The maximum absolute atomic E-state index is 6.60. The fraction of sp³-hybridized carbons (Fsp3) is 0.600. The van der Waals surface area contributed by atoms with Gasteiger partial charge in [0.05, 0.1) is 5.38 Å². The standard InChI is InChI=1S/C15H21ClO/c1-5-15(3,4)14(16)11-6-7-13-12(9-11)8-10(2)17-13/h6-7,9-10,14H,5,8H2,1-4H3. The number of alkyl halides is 1. The maximum atomic E-state index is 6.60. The summed E-state index contributed by atoms with van der Waals surface area (Å²) in [7, 11) is 0. The van der Waals surface area contributed by atoms with Gasteiger partial charge in [-0.3, -0.25) is 0 Å². The van der Waals surface area contributed by atoms with E-state index in [4.69, 9.17) is 16.3 Å². The number of halogens is 1.